The molecule has 0 saturated carbocycles. The number of aromatic nitrogens is 5. The maximum atomic E-state index is 13.2. The van der Waals surface area contributed by atoms with E-state index >= 15 is 0 Å². The van der Waals surface area contributed by atoms with Crippen molar-refractivity contribution in [2.75, 3.05) is 18.1 Å². The number of fused-ring (bicyclic) bond motifs is 2. The van der Waals surface area contributed by atoms with Gasteiger partial charge in [0, 0.05) is 30.8 Å². The van der Waals surface area contributed by atoms with Crippen LogP contribution in [-0.2, 0) is 25.8 Å². The van der Waals surface area contributed by atoms with Crippen molar-refractivity contribution in [2.45, 2.75) is 38.8 Å². The van der Waals surface area contributed by atoms with Gasteiger partial charge in [0.15, 0.2) is 5.82 Å². The number of hydrogen-bond acceptors (Lipinski definition) is 7. The molecule has 13 heteroatoms. The highest BCUT2D eigenvalue weighted by Gasteiger charge is 2.40. The number of H-pyrrole nitrogens is 1. The molecule has 206 valence electrons. The second-order valence-corrected chi connectivity index (χ2v) is 9.71. The van der Waals surface area contributed by atoms with Crippen molar-refractivity contribution in [3.8, 4) is 5.75 Å². The van der Waals surface area contributed by atoms with Crippen LogP contribution in [0.1, 0.15) is 44.7 Å². The van der Waals surface area contributed by atoms with Gasteiger partial charge in [-0.05, 0) is 36.2 Å². The van der Waals surface area contributed by atoms with Gasteiger partial charge in [-0.25, -0.2) is 5.10 Å². The van der Waals surface area contributed by atoms with Gasteiger partial charge in [-0.3, -0.25) is 9.59 Å². The molecule has 0 unspecified atom stereocenters. The topological polar surface area (TPSA) is 109 Å². The van der Waals surface area contributed by atoms with Crippen molar-refractivity contribution in [3.05, 3.63) is 99.0 Å². The number of aromatic amines is 1. The van der Waals surface area contributed by atoms with Crippen molar-refractivity contribution >= 4 is 11.6 Å². The molecular weight excluding hydrogens is 527 g/mol. The lowest BCUT2D eigenvalue weighted by molar-refractivity contribution is -0.147. The largest absolute Gasteiger partial charge is 0.491 e. The van der Waals surface area contributed by atoms with E-state index in [-0.39, 0.29) is 49.6 Å². The van der Waals surface area contributed by atoms with Crippen molar-refractivity contribution < 1.29 is 22.7 Å². The van der Waals surface area contributed by atoms with Crippen molar-refractivity contribution in [1.82, 2.24) is 29.9 Å². The number of alkyl halides is 3. The molecule has 0 spiro atoms. The molecular formula is C27H24F3N7O3. The molecule has 6 rings (SSSR count). The lowest BCUT2D eigenvalue weighted by Gasteiger charge is -2.29. The van der Waals surface area contributed by atoms with Crippen LogP contribution in [-0.4, -0.2) is 48.9 Å². The Balaban J connectivity index is 1.19. The number of hydrogen-bond donors (Lipinski definition) is 1. The molecule has 0 bridgehead atoms. The van der Waals surface area contributed by atoms with E-state index in [1.54, 1.807) is 37.4 Å². The summed E-state index contributed by atoms with van der Waals surface area (Å²) >= 11 is 0. The van der Waals surface area contributed by atoms with Crippen LogP contribution >= 0.6 is 0 Å². The standard InChI is InChI=1S/C27H24F3N7O3/c1-16-21(12-31-33-24(16)38)37-13-18-5-2-3-8-20(18)22(37)15-40-19-7-4-6-17(11-19)25(39)35-9-10-36-23(14-35)32-34-26(36)27(28,29)30/h2-8,11-12,22H,9-10,13-15H2,1H3,(H,33,38)/t22-/m1/s1. The molecule has 0 radical (unpaired) electrons. The number of carbonyl (C=O) groups excluding carboxylic acids is 1. The summed E-state index contributed by atoms with van der Waals surface area (Å²) in [6.45, 7) is 2.55. The molecule has 40 heavy (non-hydrogen) atoms. The zero-order chi connectivity index (χ0) is 28.0. The second-order valence-electron chi connectivity index (χ2n) is 9.71. The van der Waals surface area contributed by atoms with Crippen molar-refractivity contribution in [2.24, 2.45) is 0 Å². The quantitative estimate of drug-likeness (QED) is 0.405. The third-order valence-corrected chi connectivity index (χ3v) is 7.30. The SMILES string of the molecule is Cc1c(N2Cc3ccccc3[C@H]2COc2cccc(C(=O)N3CCn4c(nnc4C(F)(F)F)C3)c2)cn[nH]c1=O. The van der Waals surface area contributed by atoms with E-state index in [2.05, 4.69) is 25.3 Å². The summed E-state index contributed by atoms with van der Waals surface area (Å²) in [6.07, 6.45) is -2.98. The molecule has 10 nitrogen and oxygen atoms in total. The van der Waals surface area contributed by atoms with Gasteiger partial charge in [0.2, 0.25) is 5.82 Å². The van der Waals surface area contributed by atoms with E-state index in [4.69, 9.17) is 4.74 Å². The number of carbonyl (C=O) groups is 1. The van der Waals surface area contributed by atoms with Crippen LogP contribution < -0.4 is 15.2 Å². The number of ether oxygens (including phenoxy) is 1. The summed E-state index contributed by atoms with van der Waals surface area (Å²) in [4.78, 5) is 29.0. The molecule has 4 heterocycles. The molecule has 1 atom stereocenters. The van der Waals surface area contributed by atoms with E-state index in [0.29, 0.717) is 29.1 Å². The van der Waals surface area contributed by atoms with E-state index in [9.17, 15) is 22.8 Å². The Kier molecular flexibility index (Phi) is 6.28. The first-order valence-corrected chi connectivity index (χ1v) is 12.6. The van der Waals surface area contributed by atoms with Gasteiger partial charge in [-0.2, -0.15) is 18.3 Å². The highest BCUT2D eigenvalue weighted by molar-refractivity contribution is 5.94. The first-order valence-electron chi connectivity index (χ1n) is 12.6. The minimum absolute atomic E-state index is 0.0490. The average Bonchev–Trinajstić information content (AvgIpc) is 3.54. The van der Waals surface area contributed by atoms with Crippen LogP contribution in [0.15, 0.2) is 59.5 Å². The summed E-state index contributed by atoms with van der Waals surface area (Å²) in [5, 5.41) is 13.4. The van der Waals surface area contributed by atoms with E-state index < -0.39 is 12.0 Å². The third-order valence-electron chi connectivity index (χ3n) is 7.30. The van der Waals surface area contributed by atoms with Crippen LogP contribution in [0.2, 0.25) is 0 Å². The third kappa shape index (κ3) is 4.56. The number of halogens is 3. The molecule has 2 aliphatic heterocycles. The van der Waals surface area contributed by atoms with Gasteiger partial charge in [0.25, 0.3) is 11.5 Å². The summed E-state index contributed by atoms with van der Waals surface area (Å²) in [7, 11) is 0. The number of anilines is 1. The maximum absolute atomic E-state index is 13.2. The lowest BCUT2D eigenvalue weighted by atomic mass is 10.1. The predicted octanol–water partition coefficient (Wildman–Crippen LogP) is 3.48. The number of benzene rings is 2. The fourth-order valence-corrected chi connectivity index (χ4v) is 5.25. The molecule has 2 aliphatic rings. The molecule has 0 saturated heterocycles. The van der Waals surface area contributed by atoms with Crippen LogP contribution in [0.3, 0.4) is 0 Å². The molecule has 1 amide bonds. The fourth-order valence-electron chi connectivity index (χ4n) is 5.25. The van der Waals surface area contributed by atoms with E-state index in [0.717, 1.165) is 15.7 Å². The van der Waals surface area contributed by atoms with E-state index in [1.807, 2.05) is 24.3 Å². The summed E-state index contributed by atoms with van der Waals surface area (Å²) in [5.41, 5.74) is 3.55. The smallest absolute Gasteiger partial charge is 0.451 e. The summed E-state index contributed by atoms with van der Waals surface area (Å²) in [6, 6.07) is 14.5. The van der Waals surface area contributed by atoms with Crippen LogP contribution in [0.4, 0.5) is 18.9 Å². The number of nitrogens with one attached hydrogen (secondary N) is 1. The van der Waals surface area contributed by atoms with Gasteiger partial charge in [-0.1, -0.05) is 30.3 Å². The number of nitrogens with zero attached hydrogens (tertiary/aromatic N) is 6. The molecule has 1 N–H and O–H groups in total. The number of rotatable bonds is 5. The van der Waals surface area contributed by atoms with E-state index in [1.165, 1.54) is 4.90 Å². The van der Waals surface area contributed by atoms with Crippen LogP contribution in [0, 0.1) is 6.92 Å². The lowest BCUT2D eigenvalue weighted by Crippen LogP contribution is -2.39. The van der Waals surface area contributed by atoms with Crippen LogP contribution in [0.5, 0.6) is 5.75 Å². The van der Waals surface area contributed by atoms with Gasteiger partial charge < -0.3 is 19.1 Å². The minimum atomic E-state index is -4.61. The van der Waals surface area contributed by atoms with Crippen molar-refractivity contribution in [3.63, 3.8) is 0 Å². The Morgan fingerprint density at radius 3 is 2.75 bits per heavy atom. The maximum Gasteiger partial charge on any atom is 0.451 e. The first kappa shape index (κ1) is 25.6. The molecule has 2 aromatic carbocycles. The minimum Gasteiger partial charge on any atom is -0.491 e. The van der Waals surface area contributed by atoms with Gasteiger partial charge in [0.05, 0.1) is 24.5 Å². The molecule has 4 aromatic rings. The first-order chi connectivity index (χ1) is 19.2. The van der Waals surface area contributed by atoms with Crippen molar-refractivity contribution in [1.29, 1.82) is 0 Å². The Morgan fingerprint density at radius 2 is 1.93 bits per heavy atom. The molecule has 2 aromatic heterocycles. The van der Waals surface area contributed by atoms with Crippen LogP contribution in [0.25, 0.3) is 0 Å². The zero-order valence-electron chi connectivity index (χ0n) is 21.4. The Morgan fingerprint density at radius 1 is 1.10 bits per heavy atom. The highest BCUT2D eigenvalue weighted by Crippen LogP contribution is 2.38. The zero-order valence-corrected chi connectivity index (χ0v) is 21.4. The number of amides is 1. The van der Waals surface area contributed by atoms with Gasteiger partial charge >= 0.3 is 6.18 Å². The monoisotopic (exact) mass is 551 g/mol. The molecule has 0 fully saturated rings. The fraction of sp³-hybridized carbons (Fsp3) is 0.296. The highest BCUT2D eigenvalue weighted by atomic mass is 19.4. The van der Waals surface area contributed by atoms with Gasteiger partial charge in [0.1, 0.15) is 12.4 Å². The molecule has 0 aliphatic carbocycles. The normalized spacial score (nSPS) is 16.6. The Bertz CT molecular complexity index is 1650. The summed E-state index contributed by atoms with van der Waals surface area (Å²) < 4.78 is 46.7. The summed E-state index contributed by atoms with van der Waals surface area (Å²) in [5.74, 6) is -0.843. The Labute approximate surface area is 226 Å². The predicted molar refractivity (Wildman–Crippen MR) is 137 cm³/mol. The average molecular weight is 552 g/mol. The van der Waals surface area contributed by atoms with Gasteiger partial charge in [-0.15, -0.1) is 10.2 Å². The Hall–Kier alpha value is -4.68. The second kappa shape index (κ2) is 9.81.